The van der Waals surface area contributed by atoms with Gasteiger partial charge < -0.3 is 25.3 Å². The Hall–Kier alpha value is -3.30. The number of alkyl carbamates (subject to hydrolysis) is 1. The van der Waals surface area contributed by atoms with Gasteiger partial charge in [0, 0.05) is 18.6 Å². The zero-order valence-electron chi connectivity index (χ0n) is 13.1. The molecule has 0 aliphatic carbocycles. The summed E-state index contributed by atoms with van der Waals surface area (Å²) < 4.78 is 15.2. The summed E-state index contributed by atoms with van der Waals surface area (Å²) in [5.41, 5.74) is 5.55. The zero-order valence-corrected chi connectivity index (χ0v) is 13.1. The molecule has 2 unspecified atom stereocenters. The van der Waals surface area contributed by atoms with Crippen LogP contribution in [-0.2, 0) is 20.8 Å². The lowest BCUT2D eigenvalue weighted by Gasteiger charge is -2.27. The molecule has 134 valence electrons. The SMILES string of the molecule is NC(=O)OC1CC=COC1CNC(=O)OCc1ccc([N+](=O)[O-])cc1. The van der Waals surface area contributed by atoms with Crippen LogP contribution in [0.25, 0.3) is 0 Å². The van der Waals surface area contributed by atoms with Crippen LogP contribution in [0.15, 0.2) is 36.6 Å². The summed E-state index contributed by atoms with van der Waals surface area (Å²) in [5.74, 6) is 0. The van der Waals surface area contributed by atoms with Gasteiger partial charge >= 0.3 is 12.2 Å². The summed E-state index contributed by atoms with van der Waals surface area (Å²) in [6, 6.07) is 5.64. The minimum Gasteiger partial charge on any atom is -0.493 e. The number of carbonyl (C=O) groups excluding carboxylic acids is 2. The molecule has 1 heterocycles. The van der Waals surface area contributed by atoms with Crippen molar-refractivity contribution in [2.45, 2.75) is 25.2 Å². The number of nitro groups is 1. The minimum atomic E-state index is -0.922. The Bertz CT molecular complexity index is 660. The van der Waals surface area contributed by atoms with Crippen LogP contribution < -0.4 is 11.1 Å². The monoisotopic (exact) mass is 351 g/mol. The second-order valence-corrected chi connectivity index (χ2v) is 5.14. The van der Waals surface area contributed by atoms with Gasteiger partial charge in [-0.2, -0.15) is 0 Å². The van der Waals surface area contributed by atoms with Crippen LogP contribution in [0.1, 0.15) is 12.0 Å². The number of nitro benzene ring substituents is 1. The summed E-state index contributed by atoms with van der Waals surface area (Å²) in [7, 11) is 0. The fourth-order valence-electron chi connectivity index (χ4n) is 2.14. The van der Waals surface area contributed by atoms with Crippen molar-refractivity contribution in [3.63, 3.8) is 0 Å². The second kappa shape index (κ2) is 8.52. The van der Waals surface area contributed by atoms with Crippen molar-refractivity contribution in [3.8, 4) is 0 Å². The first kappa shape index (κ1) is 18.0. The number of non-ortho nitro benzene ring substituents is 1. The Kier molecular flexibility index (Phi) is 6.15. The average molecular weight is 351 g/mol. The fourth-order valence-corrected chi connectivity index (χ4v) is 2.14. The highest BCUT2D eigenvalue weighted by Gasteiger charge is 2.27. The molecule has 10 nitrogen and oxygen atoms in total. The third kappa shape index (κ3) is 5.68. The van der Waals surface area contributed by atoms with E-state index in [-0.39, 0.29) is 18.8 Å². The quantitative estimate of drug-likeness (QED) is 0.585. The standard InChI is InChI=1S/C15H17N3O7/c16-14(19)25-12-2-1-7-23-13(12)8-17-15(20)24-9-10-3-5-11(6-4-10)18(21)22/h1,3-7,12-13H,2,8-9H2,(H2,16,19)(H,17,20). The van der Waals surface area contributed by atoms with Gasteiger partial charge in [-0.15, -0.1) is 0 Å². The first-order valence-corrected chi connectivity index (χ1v) is 7.36. The van der Waals surface area contributed by atoms with Crippen LogP contribution in [0.4, 0.5) is 15.3 Å². The highest BCUT2D eigenvalue weighted by Crippen LogP contribution is 2.15. The Morgan fingerprint density at radius 1 is 1.36 bits per heavy atom. The molecule has 1 aromatic carbocycles. The summed E-state index contributed by atoms with van der Waals surface area (Å²) >= 11 is 0. The number of nitrogens with zero attached hydrogens (tertiary/aromatic N) is 1. The van der Waals surface area contributed by atoms with E-state index in [9.17, 15) is 19.7 Å². The van der Waals surface area contributed by atoms with Gasteiger partial charge in [0.1, 0.15) is 12.7 Å². The average Bonchev–Trinajstić information content (AvgIpc) is 2.59. The summed E-state index contributed by atoms with van der Waals surface area (Å²) in [6.07, 6.45) is 0.755. The zero-order chi connectivity index (χ0) is 18.2. The maximum atomic E-state index is 11.7. The van der Waals surface area contributed by atoms with E-state index in [1.165, 1.54) is 30.5 Å². The van der Waals surface area contributed by atoms with E-state index in [1.807, 2.05) is 0 Å². The summed E-state index contributed by atoms with van der Waals surface area (Å²) in [6.45, 7) is 0.0118. The second-order valence-electron chi connectivity index (χ2n) is 5.14. The van der Waals surface area contributed by atoms with E-state index in [1.54, 1.807) is 6.08 Å². The van der Waals surface area contributed by atoms with Gasteiger partial charge in [-0.05, 0) is 23.8 Å². The number of rotatable bonds is 6. The molecule has 0 fully saturated rings. The first-order valence-electron chi connectivity index (χ1n) is 7.36. The Morgan fingerprint density at radius 2 is 2.08 bits per heavy atom. The van der Waals surface area contributed by atoms with Crippen molar-refractivity contribution >= 4 is 17.9 Å². The number of ether oxygens (including phenoxy) is 3. The number of nitrogens with one attached hydrogen (secondary N) is 1. The highest BCUT2D eigenvalue weighted by molar-refractivity contribution is 5.67. The molecule has 0 bridgehead atoms. The molecule has 1 aliphatic heterocycles. The van der Waals surface area contributed by atoms with Crippen molar-refractivity contribution in [2.75, 3.05) is 6.54 Å². The Labute approximate surface area is 142 Å². The molecule has 0 saturated carbocycles. The largest absolute Gasteiger partial charge is 0.493 e. The maximum Gasteiger partial charge on any atom is 0.407 e. The van der Waals surface area contributed by atoms with Gasteiger partial charge in [-0.3, -0.25) is 10.1 Å². The van der Waals surface area contributed by atoms with Crippen molar-refractivity contribution in [1.82, 2.24) is 5.32 Å². The predicted molar refractivity (Wildman–Crippen MR) is 84.4 cm³/mol. The van der Waals surface area contributed by atoms with E-state index >= 15 is 0 Å². The lowest BCUT2D eigenvalue weighted by atomic mass is 10.1. The van der Waals surface area contributed by atoms with E-state index < -0.39 is 29.3 Å². The Morgan fingerprint density at radius 3 is 2.72 bits per heavy atom. The molecular formula is C15H17N3O7. The number of hydrogen-bond donors (Lipinski definition) is 2. The molecule has 2 amide bonds. The summed E-state index contributed by atoms with van der Waals surface area (Å²) in [4.78, 5) is 32.6. The molecule has 0 spiro atoms. The number of nitrogens with two attached hydrogens (primary N) is 1. The predicted octanol–water partition coefficient (Wildman–Crippen LogP) is 1.59. The van der Waals surface area contributed by atoms with Crippen LogP contribution in [0.5, 0.6) is 0 Å². The maximum absolute atomic E-state index is 11.7. The van der Waals surface area contributed by atoms with Gasteiger partial charge in [0.2, 0.25) is 0 Å². The van der Waals surface area contributed by atoms with Gasteiger partial charge in [0.05, 0.1) is 17.7 Å². The number of hydrogen-bond acceptors (Lipinski definition) is 7. The van der Waals surface area contributed by atoms with Gasteiger partial charge in [0.25, 0.3) is 5.69 Å². The van der Waals surface area contributed by atoms with Crippen molar-refractivity contribution in [2.24, 2.45) is 5.73 Å². The topological polar surface area (TPSA) is 143 Å². The smallest absolute Gasteiger partial charge is 0.407 e. The third-order valence-corrected chi connectivity index (χ3v) is 3.36. The molecule has 2 atom stereocenters. The number of amides is 2. The van der Waals surface area contributed by atoms with Crippen molar-refractivity contribution < 1.29 is 28.7 Å². The van der Waals surface area contributed by atoms with Crippen LogP contribution in [-0.4, -0.2) is 35.9 Å². The third-order valence-electron chi connectivity index (χ3n) is 3.36. The molecular weight excluding hydrogens is 334 g/mol. The van der Waals surface area contributed by atoms with Crippen LogP contribution >= 0.6 is 0 Å². The molecule has 0 radical (unpaired) electrons. The molecule has 25 heavy (non-hydrogen) atoms. The highest BCUT2D eigenvalue weighted by atomic mass is 16.6. The van der Waals surface area contributed by atoms with Crippen LogP contribution in [0.3, 0.4) is 0 Å². The van der Waals surface area contributed by atoms with E-state index in [4.69, 9.17) is 19.9 Å². The molecule has 2 rings (SSSR count). The van der Waals surface area contributed by atoms with E-state index in [0.29, 0.717) is 12.0 Å². The number of benzene rings is 1. The fraction of sp³-hybridized carbons (Fsp3) is 0.333. The van der Waals surface area contributed by atoms with Gasteiger partial charge in [-0.1, -0.05) is 0 Å². The van der Waals surface area contributed by atoms with Crippen molar-refractivity contribution in [1.29, 1.82) is 0 Å². The first-order chi connectivity index (χ1) is 12.0. The molecule has 1 aromatic rings. The van der Waals surface area contributed by atoms with E-state index in [0.717, 1.165) is 0 Å². The van der Waals surface area contributed by atoms with Crippen molar-refractivity contribution in [3.05, 3.63) is 52.3 Å². The number of carbonyl (C=O) groups is 2. The van der Waals surface area contributed by atoms with Gasteiger partial charge in [-0.25, -0.2) is 9.59 Å². The summed E-state index contributed by atoms with van der Waals surface area (Å²) in [5, 5.41) is 13.1. The lowest BCUT2D eigenvalue weighted by molar-refractivity contribution is -0.384. The molecule has 3 N–H and O–H groups in total. The minimum absolute atomic E-state index is 0.0452. The normalized spacial score (nSPS) is 18.7. The van der Waals surface area contributed by atoms with E-state index in [2.05, 4.69) is 5.32 Å². The molecule has 0 saturated heterocycles. The van der Waals surface area contributed by atoms with Gasteiger partial charge in [0.15, 0.2) is 6.10 Å². The molecule has 10 heteroatoms. The molecule has 0 aromatic heterocycles. The van der Waals surface area contributed by atoms with Crippen LogP contribution in [0, 0.1) is 10.1 Å². The molecule has 1 aliphatic rings. The van der Waals surface area contributed by atoms with Crippen LogP contribution in [0.2, 0.25) is 0 Å². The Balaban J connectivity index is 1.77. The number of primary amides is 1. The lowest BCUT2D eigenvalue weighted by Crippen LogP contribution is -2.44.